The van der Waals surface area contributed by atoms with Crippen molar-refractivity contribution in [2.75, 3.05) is 4.90 Å². The number of anilines is 3. The molecule has 0 saturated heterocycles. The molecular formula is C46H37NO. The summed E-state index contributed by atoms with van der Waals surface area (Å²) in [4.78, 5) is 2.34. The van der Waals surface area contributed by atoms with Crippen LogP contribution >= 0.6 is 0 Å². The van der Waals surface area contributed by atoms with E-state index in [0.29, 0.717) is 0 Å². The van der Waals surface area contributed by atoms with Gasteiger partial charge in [-0.15, -0.1) is 0 Å². The summed E-state index contributed by atoms with van der Waals surface area (Å²) < 4.78 is 6.40. The topological polar surface area (TPSA) is 16.4 Å². The van der Waals surface area contributed by atoms with Gasteiger partial charge in [0, 0.05) is 27.8 Å². The average Bonchev–Trinajstić information content (AvgIpc) is 3.51. The van der Waals surface area contributed by atoms with Crippen LogP contribution in [-0.4, -0.2) is 0 Å². The van der Waals surface area contributed by atoms with Crippen molar-refractivity contribution in [3.8, 4) is 33.4 Å². The Bertz CT molecular complexity index is 2330. The van der Waals surface area contributed by atoms with Gasteiger partial charge in [0.1, 0.15) is 11.2 Å². The number of nitrogens with zero attached hydrogens (tertiary/aromatic N) is 1. The molecule has 0 aliphatic rings. The summed E-state index contributed by atoms with van der Waals surface area (Å²) >= 11 is 0. The smallest absolute Gasteiger partial charge is 0.136 e. The van der Waals surface area contributed by atoms with Crippen molar-refractivity contribution in [3.63, 3.8) is 0 Å². The van der Waals surface area contributed by atoms with Crippen LogP contribution in [0.4, 0.5) is 17.1 Å². The highest BCUT2D eigenvalue weighted by molar-refractivity contribution is 6.13. The van der Waals surface area contributed by atoms with Gasteiger partial charge in [-0.1, -0.05) is 142 Å². The molecule has 0 N–H and O–H groups in total. The highest BCUT2D eigenvalue weighted by Crippen LogP contribution is 2.42. The quantitative estimate of drug-likeness (QED) is 0.184. The highest BCUT2D eigenvalue weighted by atomic mass is 16.3. The van der Waals surface area contributed by atoms with Crippen LogP contribution in [0.1, 0.15) is 26.3 Å². The second kappa shape index (κ2) is 12.1. The van der Waals surface area contributed by atoms with Crippen LogP contribution in [-0.2, 0) is 5.41 Å². The van der Waals surface area contributed by atoms with Gasteiger partial charge < -0.3 is 9.32 Å². The van der Waals surface area contributed by atoms with Crippen LogP contribution in [0.2, 0.25) is 0 Å². The Morgan fingerprint density at radius 1 is 0.417 bits per heavy atom. The number of fused-ring (bicyclic) bond motifs is 3. The standard InChI is InChI=1S/C46H37NO/c1-46(2,3)37-23-17-33(18-24-37)35-21-27-39(28-22-35)47(38-25-19-34(20-26-38)32-11-6-4-7-12-32)40-29-30-43-42(31-40)45-41(15-10-16-44(45)48-43)36-13-8-5-9-14-36/h4-31H,1-3H3. The minimum absolute atomic E-state index is 0.127. The average molecular weight is 620 g/mol. The summed E-state index contributed by atoms with van der Waals surface area (Å²) in [6, 6.07) is 60.7. The fourth-order valence-electron chi connectivity index (χ4n) is 6.66. The Hall–Kier alpha value is -5.86. The van der Waals surface area contributed by atoms with Crippen molar-refractivity contribution >= 4 is 39.0 Å². The van der Waals surface area contributed by atoms with E-state index >= 15 is 0 Å². The molecule has 48 heavy (non-hydrogen) atoms. The summed E-state index contributed by atoms with van der Waals surface area (Å²) in [5.74, 6) is 0. The zero-order valence-electron chi connectivity index (χ0n) is 27.5. The van der Waals surface area contributed by atoms with Crippen LogP contribution in [0.15, 0.2) is 174 Å². The van der Waals surface area contributed by atoms with Gasteiger partial charge >= 0.3 is 0 Å². The van der Waals surface area contributed by atoms with E-state index in [1.54, 1.807) is 0 Å². The molecule has 0 aliphatic heterocycles. The monoisotopic (exact) mass is 619 g/mol. The number of benzene rings is 7. The van der Waals surface area contributed by atoms with Gasteiger partial charge in [-0.2, -0.15) is 0 Å². The Kier molecular flexibility index (Phi) is 7.42. The van der Waals surface area contributed by atoms with Crippen molar-refractivity contribution in [1.82, 2.24) is 0 Å². The molecule has 0 bridgehead atoms. The van der Waals surface area contributed by atoms with E-state index in [4.69, 9.17) is 4.42 Å². The predicted molar refractivity (Wildman–Crippen MR) is 203 cm³/mol. The summed E-state index contributed by atoms with van der Waals surface area (Å²) in [7, 11) is 0. The lowest BCUT2D eigenvalue weighted by Crippen LogP contribution is -2.10. The first kappa shape index (κ1) is 29.5. The third kappa shape index (κ3) is 5.56. The fourth-order valence-corrected chi connectivity index (χ4v) is 6.66. The number of rotatable bonds is 6. The molecule has 232 valence electrons. The van der Waals surface area contributed by atoms with Gasteiger partial charge in [-0.25, -0.2) is 0 Å². The molecule has 7 aromatic carbocycles. The van der Waals surface area contributed by atoms with E-state index in [1.807, 2.05) is 0 Å². The van der Waals surface area contributed by atoms with E-state index in [2.05, 4.69) is 196 Å². The molecule has 0 amide bonds. The normalized spacial score (nSPS) is 11.6. The van der Waals surface area contributed by atoms with Gasteiger partial charge in [0.25, 0.3) is 0 Å². The van der Waals surface area contributed by atoms with Gasteiger partial charge in [0.15, 0.2) is 0 Å². The molecule has 0 radical (unpaired) electrons. The number of hydrogen-bond donors (Lipinski definition) is 0. The van der Waals surface area contributed by atoms with E-state index in [0.717, 1.165) is 39.0 Å². The zero-order valence-corrected chi connectivity index (χ0v) is 27.5. The first-order chi connectivity index (χ1) is 23.4. The zero-order chi connectivity index (χ0) is 32.7. The van der Waals surface area contributed by atoms with E-state index in [9.17, 15) is 0 Å². The van der Waals surface area contributed by atoms with Gasteiger partial charge in [0.2, 0.25) is 0 Å². The van der Waals surface area contributed by atoms with Gasteiger partial charge in [0.05, 0.1) is 0 Å². The Morgan fingerprint density at radius 3 is 1.48 bits per heavy atom. The second-order valence-electron chi connectivity index (χ2n) is 13.4. The first-order valence-corrected chi connectivity index (χ1v) is 16.6. The highest BCUT2D eigenvalue weighted by Gasteiger charge is 2.18. The third-order valence-corrected chi connectivity index (χ3v) is 9.26. The molecule has 2 nitrogen and oxygen atoms in total. The van der Waals surface area contributed by atoms with Crippen molar-refractivity contribution in [2.45, 2.75) is 26.2 Å². The van der Waals surface area contributed by atoms with Crippen LogP contribution < -0.4 is 4.90 Å². The molecule has 0 saturated carbocycles. The molecule has 0 aliphatic carbocycles. The molecule has 8 rings (SSSR count). The lowest BCUT2D eigenvalue weighted by atomic mass is 9.86. The number of hydrogen-bond acceptors (Lipinski definition) is 2. The van der Waals surface area contributed by atoms with Crippen LogP contribution in [0.3, 0.4) is 0 Å². The van der Waals surface area contributed by atoms with Crippen LogP contribution in [0.5, 0.6) is 0 Å². The maximum absolute atomic E-state index is 6.40. The fraction of sp³-hybridized carbons (Fsp3) is 0.0870. The lowest BCUT2D eigenvalue weighted by Gasteiger charge is -2.26. The van der Waals surface area contributed by atoms with Crippen LogP contribution in [0.25, 0.3) is 55.3 Å². The van der Waals surface area contributed by atoms with Crippen molar-refractivity contribution in [3.05, 3.63) is 175 Å². The van der Waals surface area contributed by atoms with Crippen molar-refractivity contribution in [2.24, 2.45) is 0 Å². The maximum atomic E-state index is 6.40. The molecule has 1 aromatic heterocycles. The SMILES string of the molecule is CC(C)(C)c1ccc(-c2ccc(N(c3ccc(-c4ccccc4)cc3)c3ccc4oc5cccc(-c6ccccc6)c5c4c3)cc2)cc1. The Balaban J connectivity index is 1.25. The van der Waals surface area contributed by atoms with Gasteiger partial charge in [-0.05, 0) is 92.9 Å². The molecule has 0 spiro atoms. The first-order valence-electron chi connectivity index (χ1n) is 16.6. The van der Waals surface area contributed by atoms with Gasteiger partial charge in [-0.3, -0.25) is 0 Å². The summed E-state index contributed by atoms with van der Waals surface area (Å²) in [6.45, 7) is 6.76. The minimum atomic E-state index is 0.127. The maximum Gasteiger partial charge on any atom is 0.136 e. The molecule has 8 aromatic rings. The van der Waals surface area contributed by atoms with Crippen molar-refractivity contribution < 1.29 is 4.42 Å². The molecular weight excluding hydrogens is 583 g/mol. The van der Waals surface area contributed by atoms with Crippen molar-refractivity contribution in [1.29, 1.82) is 0 Å². The number of furan rings is 1. The summed E-state index contributed by atoms with van der Waals surface area (Å²) in [5.41, 5.74) is 13.6. The summed E-state index contributed by atoms with van der Waals surface area (Å²) in [5, 5.41) is 2.23. The Morgan fingerprint density at radius 2 is 0.917 bits per heavy atom. The molecule has 1 heterocycles. The van der Waals surface area contributed by atoms with E-state index in [-0.39, 0.29) is 5.41 Å². The van der Waals surface area contributed by atoms with E-state index < -0.39 is 0 Å². The third-order valence-electron chi connectivity index (χ3n) is 9.26. The molecule has 0 atom stereocenters. The lowest BCUT2D eigenvalue weighted by molar-refractivity contribution is 0.590. The molecule has 0 unspecified atom stereocenters. The van der Waals surface area contributed by atoms with Crippen LogP contribution in [0, 0.1) is 0 Å². The molecule has 2 heteroatoms. The minimum Gasteiger partial charge on any atom is -0.456 e. The summed E-state index contributed by atoms with van der Waals surface area (Å²) in [6.07, 6.45) is 0. The molecule has 0 fully saturated rings. The largest absolute Gasteiger partial charge is 0.456 e. The Labute approximate surface area is 282 Å². The second-order valence-corrected chi connectivity index (χ2v) is 13.4. The predicted octanol–water partition coefficient (Wildman–Crippen LogP) is 13.4. The van der Waals surface area contributed by atoms with E-state index in [1.165, 1.54) is 38.9 Å².